The van der Waals surface area contributed by atoms with Crippen LogP contribution >= 0.6 is 0 Å². The van der Waals surface area contributed by atoms with Crippen LogP contribution in [-0.4, -0.2) is 4.98 Å². The third kappa shape index (κ3) is 2.09. The van der Waals surface area contributed by atoms with Crippen LogP contribution in [0.25, 0.3) is 0 Å². The van der Waals surface area contributed by atoms with Gasteiger partial charge in [-0.1, -0.05) is 6.07 Å². The summed E-state index contributed by atoms with van der Waals surface area (Å²) in [4.78, 5) is 3.73. The van der Waals surface area contributed by atoms with Crippen LogP contribution in [-0.2, 0) is 0 Å². The maximum Gasteiger partial charge on any atom is 0.146 e. The molecular weight excluding hydrogens is 241 g/mol. The van der Waals surface area contributed by atoms with Crippen molar-refractivity contribution >= 4 is 0 Å². The highest BCUT2D eigenvalue weighted by Gasteiger charge is 2.23. The Bertz CT molecular complexity index is 584. The largest absolute Gasteiger partial charge is 0.319 e. The summed E-state index contributed by atoms with van der Waals surface area (Å²) in [5.41, 5.74) is 5.41. The molecule has 0 aliphatic rings. The monoisotopic (exact) mass is 252 g/mol. The summed E-state index contributed by atoms with van der Waals surface area (Å²) in [7, 11) is 0. The van der Waals surface area contributed by atoms with Gasteiger partial charge in [-0.3, -0.25) is 4.98 Å². The van der Waals surface area contributed by atoms with Gasteiger partial charge in [0.2, 0.25) is 0 Å². The van der Waals surface area contributed by atoms with Gasteiger partial charge >= 0.3 is 0 Å². The highest BCUT2D eigenvalue weighted by atomic mass is 19.1. The molecule has 0 radical (unpaired) electrons. The highest BCUT2D eigenvalue weighted by Crippen LogP contribution is 2.26. The Hall–Kier alpha value is -1.88. The Morgan fingerprint density at radius 2 is 1.83 bits per heavy atom. The fraction of sp³-hybridized carbons (Fsp3) is 0.154. The van der Waals surface area contributed by atoms with Crippen molar-refractivity contribution in [2.24, 2.45) is 5.73 Å². The Kier molecular flexibility index (Phi) is 3.34. The molecule has 0 saturated heterocycles. The molecule has 2 aromatic rings. The van der Waals surface area contributed by atoms with Gasteiger partial charge in [-0.15, -0.1) is 0 Å². The molecule has 1 atom stereocenters. The number of nitrogens with zero attached hydrogens (tertiary/aromatic N) is 1. The summed E-state index contributed by atoms with van der Waals surface area (Å²) in [5, 5.41) is 0. The molecule has 0 amide bonds. The number of aryl methyl sites for hydroxylation is 1. The van der Waals surface area contributed by atoms with Gasteiger partial charge in [0.05, 0.1) is 11.7 Å². The topological polar surface area (TPSA) is 38.9 Å². The molecule has 0 aliphatic heterocycles. The van der Waals surface area contributed by atoms with Gasteiger partial charge in [0.25, 0.3) is 0 Å². The molecule has 0 bridgehead atoms. The van der Waals surface area contributed by atoms with E-state index in [9.17, 15) is 13.2 Å². The Morgan fingerprint density at radius 1 is 1.11 bits per heavy atom. The number of pyridine rings is 1. The lowest BCUT2D eigenvalue weighted by atomic mass is 10.00. The summed E-state index contributed by atoms with van der Waals surface area (Å²) >= 11 is 0. The van der Waals surface area contributed by atoms with E-state index >= 15 is 0 Å². The van der Waals surface area contributed by atoms with E-state index in [0.29, 0.717) is 0 Å². The Morgan fingerprint density at radius 3 is 2.50 bits per heavy atom. The second-order valence-electron chi connectivity index (χ2n) is 3.94. The van der Waals surface area contributed by atoms with E-state index in [-0.39, 0.29) is 16.8 Å². The molecular formula is C13H11F3N2. The summed E-state index contributed by atoms with van der Waals surface area (Å²) in [6.07, 6.45) is 1.32. The summed E-state index contributed by atoms with van der Waals surface area (Å²) in [5.74, 6) is -2.27. The number of aromatic nitrogens is 1. The number of rotatable bonds is 2. The van der Waals surface area contributed by atoms with Crippen LogP contribution in [0.2, 0.25) is 0 Å². The first-order valence-corrected chi connectivity index (χ1v) is 5.33. The minimum absolute atomic E-state index is 0.180. The van der Waals surface area contributed by atoms with E-state index in [0.717, 1.165) is 12.1 Å². The minimum Gasteiger partial charge on any atom is -0.319 e. The smallest absolute Gasteiger partial charge is 0.146 e. The third-order valence-electron chi connectivity index (χ3n) is 2.71. The van der Waals surface area contributed by atoms with E-state index in [4.69, 9.17) is 5.73 Å². The second-order valence-corrected chi connectivity index (χ2v) is 3.94. The lowest BCUT2D eigenvalue weighted by Gasteiger charge is -2.15. The number of benzene rings is 1. The van der Waals surface area contributed by atoms with Crippen LogP contribution in [0.5, 0.6) is 0 Å². The van der Waals surface area contributed by atoms with Gasteiger partial charge in [-0.25, -0.2) is 13.2 Å². The first-order chi connectivity index (χ1) is 8.52. The lowest BCUT2D eigenvalue weighted by Crippen LogP contribution is -2.19. The Balaban J connectivity index is 2.56. The second kappa shape index (κ2) is 4.78. The molecule has 2 N–H and O–H groups in total. The summed E-state index contributed by atoms with van der Waals surface area (Å²) in [6, 6.07) is 3.66. The van der Waals surface area contributed by atoms with Gasteiger partial charge in [0.1, 0.15) is 17.5 Å². The summed E-state index contributed by atoms with van der Waals surface area (Å²) < 4.78 is 41.0. The molecule has 0 fully saturated rings. The van der Waals surface area contributed by atoms with Crippen molar-refractivity contribution < 1.29 is 13.2 Å². The van der Waals surface area contributed by atoms with Crippen LogP contribution in [0.15, 0.2) is 30.5 Å². The molecule has 0 aliphatic carbocycles. The van der Waals surface area contributed by atoms with E-state index in [1.54, 1.807) is 0 Å². The van der Waals surface area contributed by atoms with Gasteiger partial charge in [-0.05, 0) is 30.7 Å². The first kappa shape index (κ1) is 12.6. The van der Waals surface area contributed by atoms with Crippen LogP contribution in [0, 0.1) is 24.4 Å². The van der Waals surface area contributed by atoms with Crippen LogP contribution < -0.4 is 5.73 Å². The lowest BCUT2D eigenvalue weighted by molar-refractivity contribution is 0.522. The molecule has 1 heterocycles. The van der Waals surface area contributed by atoms with Crippen molar-refractivity contribution in [2.75, 3.05) is 0 Å². The van der Waals surface area contributed by atoms with Gasteiger partial charge in [-0.2, -0.15) is 0 Å². The van der Waals surface area contributed by atoms with E-state index in [1.807, 2.05) is 0 Å². The van der Waals surface area contributed by atoms with Crippen molar-refractivity contribution in [3.63, 3.8) is 0 Å². The maximum atomic E-state index is 13.9. The average Bonchev–Trinajstić information content (AvgIpc) is 2.35. The molecule has 1 aromatic heterocycles. The van der Waals surface area contributed by atoms with Crippen molar-refractivity contribution in [1.82, 2.24) is 4.98 Å². The van der Waals surface area contributed by atoms with Crippen molar-refractivity contribution in [1.29, 1.82) is 0 Å². The van der Waals surface area contributed by atoms with Crippen LogP contribution in [0.3, 0.4) is 0 Å². The zero-order valence-electron chi connectivity index (χ0n) is 9.62. The molecule has 5 heteroatoms. The molecule has 1 unspecified atom stereocenters. The number of hydrogen-bond acceptors (Lipinski definition) is 2. The maximum absolute atomic E-state index is 13.9. The predicted molar refractivity (Wildman–Crippen MR) is 61.3 cm³/mol. The van der Waals surface area contributed by atoms with Crippen molar-refractivity contribution in [2.45, 2.75) is 13.0 Å². The predicted octanol–water partition coefficient (Wildman–Crippen LogP) is 2.86. The fourth-order valence-electron chi connectivity index (χ4n) is 1.73. The average molecular weight is 252 g/mol. The fourth-order valence-corrected chi connectivity index (χ4v) is 1.73. The van der Waals surface area contributed by atoms with Crippen molar-refractivity contribution in [3.8, 4) is 0 Å². The molecule has 2 rings (SSSR count). The van der Waals surface area contributed by atoms with Gasteiger partial charge in [0, 0.05) is 11.8 Å². The standard InChI is InChI=1S/C13H11F3N2/c1-7-4-5-8(14)10(11(7)16)12(17)13-9(15)3-2-6-18-13/h2-6,12H,17H2,1H3. The van der Waals surface area contributed by atoms with Crippen LogP contribution in [0.1, 0.15) is 22.9 Å². The number of hydrogen-bond donors (Lipinski definition) is 1. The molecule has 1 aromatic carbocycles. The van der Waals surface area contributed by atoms with Gasteiger partial charge < -0.3 is 5.73 Å². The highest BCUT2D eigenvalue weighted by molar-refractivity contribution is 5.34. The number of halogens is 3. The molecule has 0 spiro atoms. The first-order valence-electron chi connectivity index (χ1n) is 5.33. The number of nitrogens with two attached hydrogens (primary N) is 1. The van der Waals surface area contributed by atoms with E-state index in [1.165, 1.54) is 25.3 Å². The third-order valence-corrected chi connectivity index (χ3v) is 2.71. The van der Waals surface area contributed by atoms with Crippen molar-refractivity contribution in [3.05, 3.63) is 64.7 Å². The quantitative estimate of drug-likeness (QED) is 0.892. The summed E-state index contributed by atoms with van der Waals surface area (Å²) in [6.45, 7) is 1.49. The molecule has 0 saturated carbocycles. The minimum atomic E-state index is -1.27. The molecule has 2 nitrogen and oxygen atoms in total. The normalized spacial score (nSPS) is 12.5. The van der Waals surface area contributed by atoms with E-state index < -0.39 is 23.5 Å². The van der Waals surface area contributed by atoms with Crippen LogP contribution in [0.4, 0.5) is 13.2 Å². The Labute approximate surface area is 102 Å². The van der Waals surface area contributed by atoms with Gasteiger partial charge in [0.15, 0.2) is 0 Å². The molecule has 94 valence electrons. The zero-order valence-corrected chi connectivity index (χ0v) is 9.62. The SMILES string of the molecule is Cc1ccc(F)c(C(N)c2ncccc2F)c1F. The van der Waals surface area contributed by atoms with E-state index in [2.05, 4.69) is 4.98 Å². The zero-order chi connectivity index (χ0) is 13.3. The molecule has 18 heavy (non-hydrogen) atoms.